The fourth-order valence-electron chi connectivity index (χ4n) is 2.51. The number of anilines is 1. The van der Waals surface area contributed by atoms with E-state index in [1.165, 1.54) is 18.6 Å². The molecule has 0 aliphatic rings. The summed E-state index contributed by atoms with van der Waals surface area (Å²) in [6.45, 7) is 3.93. The van der Waals surface area contributed by atoms with E-state index in [0.29, 0.717) is 17.9 Å². The monoisotopic (exact) mass is 468 g/mol. The minimum absolute atomic E-state index is 0.00280. The van der Waals surface area contributed by atoms with Crippen molar-refractivity contribution in [3.8, 4) is 11.8 Å². The van der Waals surface area contributed by atoms with Crippen LogP contribution in [-0.4, -0.2) is 29.4 Å². The molecule has 2 aromatic carbocycles. The maximum absolute atomic E-state index is 12.4. The van der Waals surface area contributed by atoms with Crippen molar-refractivity contribution in [1.82, 2.24) is 9.36 Å². The molecule has 3 aromatic rings. The number of nitrogens with zero attached hydrogens (tertiary/aromatic N) is 3. The quantitative estimate of drug-likeness (QED) is 0.394. The van der Waals surface area contributed by atoms with Crippen LogP contribution in [0.4, 0.5) is 5.13 Å². The Morgan fingerprint density at radius 1 is 1.19 bits per heavy atom. The number of aromatic nitrogens is 2. The average molecular weight is 469 g/mol. The molecule has 0 saturated heterocycles. The van der Waals surface area contributed by atoms with E-state index in [9.17, 15) is 18.5 Å². The van der Waals surface area contributed by atoms with E-state index >= 15 is 0 Å². The number of sulfone groups is 1. The van der Waals surface area contributed by atoms with Crippen molar-refractivity contribution in [3.63, 3.8) is 0 Å². The third-order valence-electron chi connectivity index (χ3n) is 4.37. The third kappa shape index (κ3) is 6.00. The lowest BCUT2D eigenvalue weighted by Gasteiger charge is -2.07. The molecule has 1 aromatic heterocycles. The highest BCUT2D eigenvalue weighted by Gasteiger charge is 2.20. The van der Waals surface area contributed by atoms with Gasteiger partial charge in [0.15, 0.2) is 0 Å². The van der Waals surface area contributed by atoms with Gasteiger partial charge >= 0.3 is 0 Å². The van der Waals surface area contributed by atoms with Gasteiger partial charge in [-0.2, -0.15) is 14.6 Å². The molecule has 1 heterocycles. The molecule has 0 saturated carbocycles. The lowest BCUT2D eigenvalue weighted by molar-refractivity contribution is -0.112. The average Bonchev–Trinajstić information content (AvgIpc) is 3.27. The molecule has 0 spiro atoms. The molecule has 0 fully saturated rings. The number of hydrogen-bond donors (Lipinski definition) is 1. The van der Waals surface area contributed by atoms with Gasteiger partial charge in [-0.05, 0) is 36.3 Å². The van der Waals surface area contributed by atoms with Crippen molar-refractivity contribution in [2.45, 2.75) is 25.6 Å². The zero-order valence-corrected chi connectivity index (χ0v) is 19.0. The van der Waals surface area contributed by atoms with Crippen LogP contribution in [-0.2, 0) is 21.2 Å². The summed E-state index contributed by atoms with van der Waals surface area (Å²) in [6, 6.07) is 16.8. The van der Waals surface area contributed by atoms with Gasteiger partial charge < -0.3 is 4.74 Å². The van der Waals surface area contributed by atoms with E-state index in [2.05, 4.69) is 14.7 Å². The van der Waals surface area contributed by atoms with Gasteiger partial charge in [-0.15, -0.1) is 0 Å². The number of carbonyl (C=O) groups excluding carboxylic acids is 1. The molecular weight excluding hydrogens is 448 g/mol. The van der Waals surface area contributed by atoms with Crippen LogP contribution in [0.25, 0.3) is 6.08 Å². The molecule has 0 aliphatic carbocycles. The second-order valence-electron chi connectivity index (χ2n) is 6.75. The zero-order valence-electron chi connectivity index (χ0n) is 17.4. The Balaban J connectivity index is 1.64. The standard InChI is InChI=1S/C22H20N4O4S2/c1-3-32(28,29)22-25-21(31-26-22)24-20(27)18(13-23)12-16-8-10-19(11-9-16)30-14-17-6-4-15(2)5-7-17/h4-12H,3,14H2,1-2H3,(H,24,25,26,27)/b18-12-. The highest BCUT2D eigenvalue weighted by atomic mass is 32.2. The largest absolute Gasteiger partial charge is 0.489 e. The molecule has 0 bridgehead atoms. The van der Waals surface area contributed by atoms with Crippen LogP contribution in [0.5, 0.6) is 5.75 Å². The van der Waals surface area contributed by atoms with E-state index in [1.54, 1.807) is 24.3 Å². The molecule has 0 radical (unpaired) electrons. The van der Waals surface area contributed by atoms with Crippen molar-refractivity contribution in [3.05, 3.63) is 70.8 Å². The molecule has 0 aliphatic heterocycles. The minimum atomic E-state index is -3.57. The summed E-state index contributed by atoms with van der Waals surface area (Å²) in [6.07, 6.45) is 1.42. The zero-order chi connectivity index (χ0) is 23.1. The van der Waals surface area contributed by atoms with Crippen molar-refractivity contribution in [1.29, 1.82) is 5.26 Å². The lowest BCUT2D eigenvalue weighted by atomic mass is 10.1. The molecule has 0 unspecified atom stereocenters. The Bertz CT molecular complexity index is 1270. The van der Waals surface area contributed by atoms with Gasteiger partial charge in [-0.3, -0.25) is 10.1 Å². The number of amides is 1. The number of benzene rings is 2. The summed E-state index contributed by atoms with van der Waals surface area (Å²) in [7, 11) is -3.57. The second-order valence-corrected chi connectivity index (χ2v) is 9.68. The van der Waals surface area contributed by atoms with E-state index < -0.39 is 15.7 Å². The highest BCUT2D eigenvalue weighted by Crippen LogP contribution is 2.19. The van der Waals surface area contributed by atoms with E-state index in [0.717, 1.165) is 17.1 Å². The van der Waals surface area contributed by atoms with Crippen LogP contribution in [0.1, 0.15) is 23.6 Å². The molecule has 32 heavy (non-hydrogen) atoms. The molecule has 3 rings (SSSR count). The first-order valence-electron chi connectivity index (χ1n) is 9.58. The number of carbonyl (C=O) groups is 1. The first-order chi connectivity index (χ1) is 15.3. The normalized spacial score (nSPS) is 11.6. The van der Waals surface area contributed by atoms with Crippen LogP contribution in [0.15, 0.2) is 59.3 Å². The Hall–Kier alpha value is -3.55. The summed E-state index contributed by atoms with van der Waals surface area (Å²) in [5, 5.41) is 11.4. The summed E-state index contributed by atoms with van der Waals surface area (Å²) in [4.78, 5) is 16.2. The van der Waals surface area contributed by atoms with Gasteiger partial charge in [0.2, 0.25) is 15.0 Å². The van der Waals surface area contributed by atoms with Gasteiger partial charge in [0.1, 0.15) is 24.0 Å². The maximum atomic E-state index is 12.4. The smallest absolute Gasteiger partial charge is 0.268 e. The number of nitriles is 1. The number of nitrogens with one attached hydrogen (secondary N) is 1. The Morgan fingerprint density at radius 3 is 2.50 bits per heavy atom. The number of hydrogen-bond acceptors (Lipinski definition) is 8. The van der Waals surface area contributed by atoms with Crippen LogP contribution in [0.3, 0.4) is 0 Å². The van der Waals surface area contributed by atoms with E-state index in [-0.39, 0.29) is 21.6 Å². The van der Waals surface area contributed by atoms with Crippen molar-refractivity contribution < 1.29 is 17.9 Å². The van der Waals surface area contributed by atoms with Gasteiger partial charge in [-0.25, -0.2) is 8.42 Å². The van der Waals surface area contributed by atoms with Crippen LogP contribution in [0, 0.1) is 18.3 Å². The molecule has 1 amide bonds. The molecule has 8 nitrogen and oxygen atoms in total. The first kappa shape index (κ1) is 23.1. The Labute approximate surface area is 190 Å². The van der Waals surface area contributed by atoms with Crippen LogP contribution < -0.4 is 10.1 Å². The Morgan fingerprint density at radius 2 is 1.88 bits per heavy atom. The summed E-state index contributed by atoms with van der Waals surface area (Å²) in [5.74, 6) is -0.196. The number of aryl methyl sites for hydroxylation is 1. The molecular formula is C22H20N4O4S2. The van der Waals surface area contributed by atoms with E-state index in [1.807, 2.05) is 37.3 Å². The topological polar surface area (TPSA) is 122 Å². The van der Waals surface area contributed by atoms with Crippen molar-refractivity contribution in [2.75, 3.05) is 11.1 Å². The van der Waals surface area contributed by atoms with Gasteiger partial charge in [0.25, 0.3) is 11.1 Å². The van der Waals surface area contributed by atoms with Crippen molar-refractivity contribution >= 4 is 38.5 Å². The lowest BCUT2D eigenvalue weighted by Crippen LogP contribution is -2.13. The predicted molar refractivity (Wildman–Crippen MR) is 122 cm³/mol. The van der Waals surface area contributed by atoms with Crippen LogP contribution >= 0.6 is 11.5 Å². The van der Waals surface area contributed by atoms with Crippen LogP contribution in [0.2, 0.25) is 0 Å². The van der Waals surface area contributed by atoms with Gasteiger partial charge in [0.05, 0.1) is 5.75 Å². The fourth-order valence-corrected chi connectivity index (χ4v) is 4.09. The molecule has 164 valence electrons. The highest BCUT2D eigenvalue weighted by molar-refractivity contribution is 7.91. The summed E-state index contributed by atoms with van der Waals surface area (Å²) in [5.41, 5.74) is 2.70. The summed E-state index contributed by atoms with van der Waals surface area (Å²) < 4.78 is 33.1. The Kier molecular flexibility index (Phi) is 7.35. The summed E-state index contributed by atoms with van der Waals surface area (Å²) >= 11 is 0.735. The number of ether oxygens (including phenoxy) is 1. The fraction of sp³-hybridized carbons (Fsp3) is 0.182. The SMILES string of the molecule is CCS(=O)(=O)c1nsc(NC(=O)/C(C#N)=C\c2ccc(OCc3ccc(C)cc3)cc2)n1. The molecule has 10 heteroatoms. The first-order valence-corrected chi connectivity index (χ1v) is 12.0. The predicted octanol–water partition coefficient (Wildman–Crippen LogP) is 3.76. The third-order valence-corrected chi connectivity index (χ3v) is 6.61. The minimum Gasteiger partial charge on any atom is -0.489 e. The second kappa shape index (κ2) is 10.2. The van der Waals surface area contributed by atoms with Crippen molar-refractivity contribution in [2.24, 2.45) is 0 Å². The van der Waals surface area contributed by atoms with Gasteiger partial charge in [-0.1, -0.05) is 48.9 Å². The van der Waals surface area contributed by atoms with E-state index in [4.69, 9.17) is 4.74 Å². The number of rotatable bonds is 8. The molecule has 1 N–H and O–H groups in total. The maximum Gasteiger partial charge on any atom is 0.268 e. The molecule has 0 atom stereocenters. The van der Waals surface area contributed by atoms with Gasteiger partial charge in [0, 0.05) is 11.5 Å².